The number of carbonyl (C=O) groups excluding carboxylic acids is 1. The fourth-order valence-electron chi connectivity index (χ4n) is 2.84. The molecule has 4 rings (SSSR count). The second-order valence-electron chi connectivity index (χ2n) is 5.70. The maximum Gasteiger partial charge on any atom is 0.229 e. The first-order valence-electron chi connectivity index (χ1n) is 7.55. The largest absolute Gasteiger partial charge is 0.497 e. The van der Waals surface area contributed by atoms with Gasteiger partial charge in [0.2, 0.25) is 5.91 Å². The zero-order valence-electron chi connectivity index (χ0n) is 12.7. The molecule has 2 atom stereocenters. The molecule has 0 aliphatic heterocycles. The first-order chi connectivity index (χ1) is 11.2. The van der Waals surface area contributed by atoms with Crippen molar-refractivity contribution in [3.63, 3.8) is 0 Å². The van der Waals surface area contributed by atoms with Gasteiger partial charge in [-0.3, -0.25) is 4.79 Å². The Morgan fingerprint density at radius 1 is 1.26 bits per heavy atom. The van der Waals surface area contributed by atoms with Crippen LogP contribution in [0.2, 0.25) is 0 Å². The molecule has 1 fully saturated rings. The molecule has 0 spiro atoms. The van der Waals surface area contributed by atoms with Crippen LogP contribution in [0.3, 0.4) is 0 Å². The van der Waals surface area contributed by atoms with E-state index < -0.39 is 0 Å². The summed E-state index contributed by atoms with van der Waals surface area (Å²) in [7, 11) is 1.64. The molecule has 23 heavy (non-hydrogen) atoms. The van der Waals surface area contributed by atoms with E-state index in [9.17, 15) is 4.79 Å². The number of hydrogen-bond donors (Lipinski definition) is 1. The molecule has 1 heterocycles. The van der Waals surface area contributed by atoms with E-state index in [0.717, 1.165) is 22.4 Å². The monoisotopic (exact) mass is 324 g/mol. The minimum absolute atomic E-state index is 0.0546. The summed E-state index contributed by atoms with van der Waals surface area (Å²) in [5, 5.41) is 3.61. The molecule has 1 aliphatic rings. The third kappa shape index (κ3) is 2.80. The molecule has 2 aromatic carbocycles. The van der Waals surface area contributed by atoms with Crippen molar-refractivity contribution in [2.24, 2.45) is 5.92 Å². The summed E-state index contributed by atoms with van der Waals surface area (Å²) >= 11 is 1.47. The zero-order chi connectivity index (χ0) is 15.8. The maximum atomic E-state index is 12.4. The number of nitrogens with one attached hydrogen (secondary N) is 1. The van der Waals surface area contributed by atoms with E-state index in [1.54, 1.807) is 7.11 Å². The van der Waals surface area contributed by atoms with Crippen molar-refractivity contribution in [1.82, 2.24) is 4.98 Å². The van der Waals surface area contributed by atoms with Crippen LogP contribution in [-0.2, 0) is 4.79 Å². The molecule has 0 unspecified atom stereocenters. The first kappa shape index (κ1) is 14.2. The van der Waals surface area contributed by atoms with Gasteiger partial charge in [0.05, 0.1) is 17.3 Å². The maximum absolute atomic E-state index is 12.4. The predicted octanol–water partition coefficient (Wildman–Crippen LogP) is 4.05. The number of aromatic nitrogens is 1. The lowest BCUT2D eigenvalue weighted by Crippen LogP contribution is -2.14. The van der Waals surface area contributed by atoms with Crippen molar-refractivity contribution < 1.29 is 9.53 Å². The molecular formula is C18H16N2O2S. The van der Waals surface area contributed by atoms with Gasteiger partial charge in [0.15, 0.2) is 5.13 Å². The fourth-order valence-corrected chi connectivity index (χ4v) is 3.73. The van der Waals surface area contributed by atoms with Crippen LogP contribution in [0.5, 0.6) is 5.75 Å². The number of amides is 1. The molecule has 1 amide bonds. The van der Waals surface area contributed by atoms with Gasteiger partial charge in [-0.25, -0.2) is 4.98 Å². The SMILES string of the molecule is COc1ccc2nc(NC(=O)[C@@H]3C[C@H]3c3ccccc3)sc2c1. The van der Waals surface area contributed by atoms with Crippen molar-refractivity contribution in [1.29, 1.82) is 0 Å². The van der Waals surface area contributed by atoms with Crippen LogP contribution < -0.4 is 10.1 Å². The second kappa shape index (κ2) is 5.66. The number of carbonyl (C=O) groups is 1. The smallest absolute Gasteiger partial charge is 0.229 e. The highest BCUT2D eigenvalue weighted by Crippen LogP contribution is 2.48. The molecule has 1 aliphatic carbocycles. The molecular weight excluding hydrogens is 308 g/mol. The topological polar surface area (TPSA) is 51.2 Å². The van der Waals surface area contributed by atoms with Crippen molar-refractivity contribution in [2.45, 2.75) is 12.3 Å². The minimum Gasteiger partial charge on any atom is -0.497 e. The zero-order valence-corrected chi connectivity index (χ0v) is 13.5. The fraction of sp³-hybridized carbons (Fsp3) is 0.222. The molecule has 1 N–H and O–H groups in total. The average Bonchev–Trinajstić information content (AvgIpc) is 3.29. The molecule has 5 heteroatoms. The van der Waals surface area contributed by atoms with E-state index in [1.165, 1.54) is 16.9 Å². The van der Waals surface area contributed by atoms with Gasteiger partial charge in [0.25, 0.3) is 0 Å². The van der Waals surface area contributed by atoms with Gasteiger partial charge in [0, 0.05) is 5.92 Å². The van der Waals surface area contributed by atoms with E-state index >= 15 is 0 Å². The Morgan fingerprint density at radius 3 is 2.87 bits per heavy atom. The molecule has 1 saturated carbocycles. The van der Waals surface area contributed by atoms with Crippen LogP contribution in [0.25, 0.3) is 10.2 Å². The summed E-state index contributed by atoms with van der Waals surface area (Å²) in [5.41, 5.74) is 2.11. The van der Waals surface area contributed by atoms with Crippen molar-refractivity contribution in [3.8, 4) is 5.75 Å². The third-order valence-corrected chi connectivity index (χ3v) is 5.11. The molecule has 0 saturated heterocycles. The summed E-state index contributed by atoms with van der Waals surface area (Å²) in [6.07, 6.45) is 0.911. The van der Waals surface area contributed by atoms with Gasteiger partial charge in [-0.2, -0.15) is 0 Å². The van der Waals surface area contributed by atoms with Crippen LogP contribution in [0.15, 0.2) is 48.5 Å². The van der Waals surface area contributed by atoms with Crippen LogP contribution >= 0.6 is 11.3 Å². The summed E-state index contributed by atoms with van der Waals surface area (Å²) < 4.78 is 6.22. The average molecular weight is 324 g/mol. The lowest BCUT2D eigenvalue weighted by atomic mass is 10.1. The number of methoxy groups -OCH3 is 1. The number of hydrogen-bond acceptors (Lipinski definition) is 4. The molecule has 4 nitrogen and oxygen atoms in total. The first-order valence-corrected chi connectivity index (χ1v) is 8.36. The third-order valence-electron chi connectivity index (χ3n) is 4.18. The number of rotatable bonds is 4. The van der Waals surface area contributed by atoms with Gasteiger partial charge in [-0.15, -0.1) is 0 Å². The van der Waals surface area contributed by atoms with Crippen LogP contribution in [0, 0.1) is 5.92 Å². The standard InChI is InChI=1S/C18H16N2O2S/c1-22-12-7-8-15-16(9-12)23-18(19-15)20-17(21)14-10-13(14)11-5-3-2-4-6-11/h2-9,13-14H,10H2,1H3,(H,19,20,21)/t13-,14+/m0/s1. The van der Waals surface area contributed by atoms with Crippen LogP contribution in [0.1, 0.15) is 17.9 Å². The molecule has 3 aromatic rings. The van der Waals surface area contributed by atoms with E-state index in [4.69, 9.17) is 4.74 Å². The van der Waals surface area contributed by atoms with Crippen molar-refractivity contribution in [3.05, 3.63) is 54.1 Å². The molecule has 116 valence electrons. The van der Waals surface area contributed by atoms with Gasteiger partial charge in [-0.05, 0) is 36.1 Å². The number of ether oxygens (including phenoxy) is 1. The van der Waals surface area contributed by atoms with Crippen LogP contribution in [0.4, 0.5) is 5.13 Å². The quantitative estimate of drug-likeness (QED) is 0.788. The summed E-state index contributed by atoms with van der Waals surface area (Å²) in [6.45, 7) is 0. The Hall–Kier alpha value is -2.40. The van der Waals surface area contributed by atoms with Crippen LogP contribution in [-0.4, -0.2) is 18.0 Å². The van der Waals surface area contributed by atoms with E-state index in [2.05, 4.69) is 22.4 Å². The van der Waals surface area contributed by atoms with E-state index in [1.807, 2.05) is 36.4 Å². The summed E-state index contributed by atoms with van der Waals surface area (Å²) in [5.74, 6) is 1.25. The highest BCUT2D eigenvalue weighted by molar-refractivity contribution is 7.22. The Labute approximate surface area is 138 Å². The Balaban J connectivity index is 1.47. The van der Waals surface area contributed by atoms with E-state index in [0.29, 0.717) is 11.0 Å². The summed E-state index contributed by atoms with van der Waals surface area (Å²) in [4.78, 5) is 16.9. The Kier molecular flexibility index (Phi) is 3.50. The number of fused-ring (bicyclic) bond motifs is 1. The number of anilines is 1. The lowest BCUT2D eigenvalue weighted by molar-refractivity contribution is -0.117. The molecule has 0 radical (unpaired) electrons. The number of benzene rings is 2. The van der Waals surface area contributed by atoms with Crippen molar-refractivity contribution in [2.75, 3.05) is 12.4 Å². The number of thiazole rings is 1. The number of nitrogens with zero attached hydrogens (tertiary/aromatic N) is 1. The molecule has 1 aromatic heterocycles. The summed E-state index contributed by atoms with van der Waals surface area (Å²) in [6, 6.07) is 15.9. The second-order valence-corrected chi connectivity index (χ2v) is 6.73. The Bertz CT molecular complexity index is 860. The molecule has 0 bridgehead atoms. The van der Waals surface area contributed by atoms with Gasteiger partial charge in [0.1, 0.15) is 5.75 Å². The predicted molar refractivity (Wildman–Crippen MR) is 92.1 cm³/mol. The lowest BCUT2D eigenvalue weighted by Gasteiger charge is -2.01. The normalized spacial score (nSPS) is 19.5. The highest BCUT2D eigenvalue weighted by atomic mass is 32.1. The Morgan fingerprint density at radius 2 is 2.09 bits per heavy atom. The van der Waals surface area contributed by atoms with E-state index in [-0.39, 0.29) is 11.8 Å². The highest BCUT2D eigenvalue weighted by Gasteiger charge is 2.44. The van der Waals surface area contributed by atoms with Gasteiger partial charge < -0.3 is 10.1 Å². The van der Waals surface area contributed by atoms with Gasteiger partial charge in [-0.1, -0.05) is 41.7 Å². The van der Waals surface area contributed by atoms with Gasteiger partial charge >= 0.3 is 0 Å². The minimum atomic E-state index is 0.0546. The van der Waals surface area contributed by atoms with Crippen molar-refractivity contribution >= 4 is 32.6 Å².